The smallest absolute Gasteiger partial charge is 0.234 e. The van der Waals surface area contributed by atoms with Gasteiger partial charge < -0.3 is 14.6 Å². The molecule has 0 aliphatic rings. The van der Waals surface area contributed by atoms with Crippen LogP contribution in [0.1, 0.15) is 48.0 Å². The quantitative estimate of drug-likeness (QED) is 0.477. The Hall–Kier alpha value is -2.80. The first-order chi connectivity index (χ1) is 14.7. The Balaban J connectivity index is 1.65. The Morgan fingerprint density at radius 1 is 1.00 bits per heavy atom. The van der Waals surface area contributed by atoms with E-state index in [1.165, 1.54) is 11.8 Å². The molecule has 0 aliphatic carbocycles. The van der Waals surface area contributed by atoms with Gasteiger partial charge in [0.25, 0.3) is 0 Å². The van der Waals surface area contributed by atoms with Crippen molar-refractivity contribution in [1.82, 2.24) is 14.8 Å². The molecule has 6 nitrogen and oxygen atoms in total. The van der Waals surface area contributed by atoms with Crippen molar-refractivity contribution >= 4 is 23.4 Å². The lowest BCUT2D eigenvalue weighted by Gasteiger charge is -2.16. The van der Waals surface area contributed by atoms with Gasteiger partial charge in [-0.1, -0.05) is 23.9 Å². The van der Waals surface area contributed by atoms with E-state index in [0.29, 0.717) is 11.7 Å². The van der Waals surface area contributed by atoms with Gasteiger partial charge in [-0.05, 0) is 88.1 Å². The molecule has 0 bridgehead atoms. The first-order valence-corrected chi connectivity index (χ1v) is 11.4. The summed E-state index contributed by atoms with van der Waals surface area (Å²) in [5, 5.41) is 12.3. The second kappa shape index (κ2) is 10.0. The SMILES string of the molecule is CCn1c(SCC(=O)Nc2cc(C)cc(C)c2)nnc1C(C)Oc1cc(C)cc(C)c1. The monoisotopic (exact) mass is 438 g/mol. The van der Waals surface area contributed by atoms with E-state index in [0.717, 1.165) is 39.5 Å². The van der Waals surface area contributed by atoms with E-state index in [-0.39, 0.29) is 17.8 Å². The third kappa shape index (κ3) is 6.10. The molecule has 3 aromatic rings. The average Bonchev–Trinajstić information content (AvgIpc) is 3.07. The van der Waals surface area contributed by atoms with E-state index in [2.05, 4.69) is 41.5 Å². The summed E-state index contributed by atoms with van der Waals surface area (Å²) in [4.78, 5) is 12.4. The lowest BCUT2D eigenvalue weighted by molar-refractivity contribution is -0.113. The largest absolute Gasteiger partial charge is 0.483 e. The summed E-state index contributed by atoms with van der Waals surface area (Å²) in [5.74, 6) is 1.76. The van der Waals surface area contributed by atoms with E-state index < -0.39 is 0 Å². The van der Waals surface area contributed by atoms with E-state index in [1.807, 2.05) is 56.5 Å². The molecule has 1 heterocycles. The van der Waals surface area contributed by atoms with Gasteiger partial charge in [-0.15, -0.1) is 10.2 Å². The second-order valence-corrected chi connectivity index (χ2v) is 8.82. The third-order valence-electron chi connectivity index (χ3n) is 4.77. The van der Waals surface area contributed by atoms with Crippen molar-refractivity contribution in [3.8, 4) is 5.75 Å². The molecule has 1 N–H and O–H groups in total. The highest BCUT2D eigenvalue weighted by Crippen LogP contribution is 2.26. The Kier molecular flexibility index (Phi) is 7.38. The minimum atomic E-state index is -0.257. The van der Waals surface area contributed by atoms with Crippen LogP contribution in [0, 0.1) is 27.7 Å². The van der Waals surface area contributed by atoms with E-state index in [9.17, 15) is 4.79 Å². The molecule has 31 heavy (non-hydrogen) atoms. The van der Waals surface area contributed by atoms with Gasteiger partial charge in [-0.25, -0.2) is 0 Å². The highest BCUT2D eigenvalue weighted by atomic mass is 32.2. The Morgan fingerprint density at radius 3 is 2.16 bits per heavy atom. The maximum Gasteiger partial charge on any atom is 0.234 e. The van der Waals surface area contributed by atoms with Crippen LogP contribution in [0.2, 0.25) is 0 Å². The number of hydrogen-bond donors (Lipinski definition) is 1. The number of anilines is 1. The number of aromatic nitrogens is 3. The number of thioether (sulfide) groups is 1. The molecule has 2 aromatic carbocycles. The summed E-state index contributed by atoms with van der Waals surface area (Å²) >= 11 is 1.38. The van der Waals surface area contributed by atoms with Crippen molar-refractivity contribution in [2.24, 2.45) is 0 Å². The van der Waals surface area contributed by atoms with Gasteiger partial charge in [0, 0.05) is 12.2 Å². The van der Waals surface area contributed by atoms with Gasteiger partial charge in [-0.3, -0.25) is 4.79 Å². The fourth-order valence-electron chi connectivity index (χ4n) is 3.64. The van der Waals surface area contributed by atoms with Gasteiger partial charge in [0.1, 0.15) is 5.75 Å². The molecule has 0 radical (unpaired) electrons. The fourth-order valence-corrected chi connectivity index (χ4v) is 4.45. The summed E-state index contributed by atoms with van der Waals surface area (Å²) in [6, 6.07) is 12.2. The zero-order chi connectivity index (χ0) is 22.5. The molecular weight excluding hydrogens is 408 g/mol. The van der Waals surface area contributed by atoms with Crippen molar-refractivity contribution < 1.29 is 9.53 Å². The van der Waals surface area contributed by atoms with Crippen molar-refractivity contribution in [3.63, 3.8) is 0 Å². The molecule has 1 unspecified atom stereocenters. The van der Waals surface area contributed by atoms with Crippen molar-refractivity contribution in [1.29, 1.82) is 0 Å². The zero-order valence-electron chi connectivity index (χ0n) is 19.0. The molecule has 7 heteroatoms. The van der Waals surface area contributed by atoms with Gasteiger partial charge in [0.2, 0.25) is 5.91 Å². The third-order valence-corrected chi connectivity index (χ3v) is 5.74. The molecule has 1 atom stereocenters. The predicted molar refractivity (Wildman–Crippen MR) is 126 cm³/mol. The highest BCUT2D eigenvalue weighted by molar-refractivity contribution is 7.99. The first-order valence-electron chi connectivity index (χ1n) is 10.4. The van der Waals surface area contributed by atoms with Crippen LogP contribution in [0.25, 0.3) is 0 Å². The van der Waals surface area contributed by atoms with E-state index >= 15 is 0 Å². The number of rotatable bonds is 8. The van der Waals surface area contributed by atoms with Gasteiger partial charge in [0.15, 0.2) is 17.1 Å². The minimum Gasteiger partial charge on any atom is -0.483 e. The predicted octanol–water partition coefficient (Wildman–Crippen LogP) is 5.40. The van der Waals surface area contributed by atoms with Crippen LogP contribution in [-0.4, -0.2) is 26.4 Å². The van der Waals surface area contributed by atoms with E-state index in [4.69, 9.17) is 4.74 Å². The summed E-state index contributed by atoms with van der Waals surface area (Å²) < 4.78 is 8.14. The normalized spacial score (nSPS) is 11.9. The van der Waals surface area contributed by atoms with Gasteiger partial charge >= 0.3 is 0 Å². The van der Waals surface area contributed by atoms with Crippen LogP contribution in [-0.2, 0) is 11.3 Å². The maximum absolute atomic E-state index is 12.4. The molecular formula is C24H30N4O2S. The molecule has 3 rings (SSSR count). The van der Waals surface area contributed by atoms with Crippen LogP contribution in [0.5, 0.6) is 5.75 Å². The molecule has 0 aliphatic heterocycles. The number of carbonyl (C=O) groups is 1. The first kappa shape index (κ1) is 22.9. The summed E-state index contributed by atoms with van der Waals surface area (Å²) in [5.41, 5.74) is 5.37. The number of nitrogens with zero attached hydrogens (tertiary/aromatic N) is 3. The number of nitrogens with one attached hydrogen (secondary N) is 1. The number of ether oxygens (including phenoxy) is 1. The highest BCUT2D eigenvalue weighted by Gasteiger charge is 2.19. The summed E-state index contributed by atoms with van der Waals surface area (Å²) in [6.45, 7) is 12.8. The number of benzene rings is 2. The Bertz CT molecular complexity index is 1040. The maximum atomic E-state index is 12.4. The van der Waals surface area contributed by atoms with Crippen molar-refractivity contribution in [3.05, 3.63) is 64.5 Å². The molecule has 0 spiro atoms. The summed E-state index contributed by atoms with van der Waals surface area (Å²) in [7, 11) is 0. The standard InChI is InChI=1S/C24H30N4O2S/c1-7-28-23(19(6)30-21-12-17(4)9-18(5)13-21)26-27-24(28)31-14-22(29)25-20-10-15(2)8-16(3)11-20/h8-13,19H,7,14H2,1-6H3,(H,25,29). The molecule has 0 saturated heterocycles. The van der Waals surface area contributed by atoms with Crippen molar-refractivity contribution in [2.75, 3.05) is 11.1 Å². The second-order valence-electron chi connectivity index (χ2n) is 7.88. The lowest BCUT2D eigenvalue weighted by Crippen LogP contribution is -2.15. The van der Waals surface area contributed by atoms with Crippen LogP contribution in [0.3, 0.4) is 0 Å². The average molecular weight is 439 g/mol. The van der Waals surface area contributed by atoms with Crippen LogP contribution >= 0.6 is 11.8 Å². The zero-order valence-corrected chi connectivity index (χ0v) is 19.8. The summed E-state index contributed by atoms with van der Waals surface area (Å²) in [6.07, 6.45) is -0.257. The lowest BCUT2D eigenvalue weighted by atomic mass is 10.1. The number of carbonyl (C=O) groups excluding carboxylic acids is 1. The molecule has 1 aromatic heterocycles. The Labute approximate surface area is 188 Å². The van der Waals surface area contributed by atoms with Gasteiger partial charge in [-0.2, -0.15) is 0 Å². The van der Waals surface area contributed by atoms with Crippen molar-refractivity contribution in [2.45, 2.75) is 59.3 Å². The Morgan fingerprint density at radius 2 is 1.58 bits per heavy atom. The fraction of sp³-hybridized carbons (Fsp3) is 0.375. The molecule has 164 valence electrons. The number of amides is 1. The van der Waals surface area contributed by atoms with Gasteiger partial charge in [0.05, 0.1) is 5.75 Å². The minimum absolute atomic E-state index is 0.0678. The van der Waals surface area contributed by atoms with Crippen LogP contribution in [0.15, 0.2) is 41.6 Å². The number of aryl methyl sites for hydroxylation is 4. The molecule has 1 amide bonds. The topological polar surface area (TPSA) is 69.0 Å². The van der Waals surface area contributed by atoms with E-state index in [1.54, 1.807) is 0 Å². The number of hydrogen-bond acceptors (Lipinski definition) is 5. The molecule has 0 fully saturated rings. The van der Waals surface area contributed by atoms with Crippen LogP contribution < -0.4 is 10.1 Å². The van der Waals surface area contributed by atoms with Crippen LogP contribution in [0.4, 0.5) is 5.69 Å². The molecule has 0 saturated carbocycles.